The number of halogens is 3. The second-order valence-electron chi connectivity index (χ2n) is 2.65. The molecule has 13 heavy (non-hydrogen) atoms. The molecule has 1 rings (SSSR count). The summed E-state index contributed by atoms with van der Waals surface area (Å²) in [5.41, 5.74) is 4.84. The quantitative estimate of drug-likeness (QED) is 0.734. The van der Waals surface area contributed by atoms with Crippen molar-refractivity contribution in [2.45, 2.75) is 19.6 Å². The van der Waals surface area contributed by atoms with E-state index in [0.29, 0.717) is 5.69 Å². The van der Waals surface area contributed by atoms with Crippen LogP contribution in [0.1, 0.15) is 17.0 Å². The Labute approximate surface area is 73.6 Å². The van der Waals surface area contributed by atoms with Crippen molar-refractivity contribution in [1.29, 1.82) is 0 Å². The molecule has 1 aromatic heterocycles. The van der Waals surface area contributed by atoms with E-state index in [4.69, 9.17) is 5.73 Å². The maximum absolute atomic E-state index is 12.3. The molecule has 72 valence electrons. The Morgan fingerprint density at radius 2 is 2.00 bits per heavy atom. The molecule has 0 radical (unpaired) electrons. The maximum atomic E-state index is 12.3. The molecule has 0 aliphatic rings. The Balaban J connectivity index is 3.22. The largest absolute Gasteiger partial charge is 0.418 e. The molecular formula is C8H9F3N2. The van der Waals surface area contributed by atoms with Gasteiger partial charge >= 0.3 is 6.18 Å². The summed E-state index contributed by atoms with van der Waals surface area (Å²) < 4.78 is 36.8. The van der Waals surface area contributed by atoms with Gasteiger partial charge in [0.05, 0.1) is 11.3 Å². The van der Waals surface area contributed by atoms with E-state index in [1.807, 2.05) is 0 Å². The molecule has 0 amide bonds. The third kappa shape index (κ3) is 2.18. The highest BCUT2D eigenvalue weighted by Gasteiger charge is 2.33. The van der Waals surface area contributed by atoms with Gasteiger partial charge in [-0.3, -0.25) is 4.98 Å². The maximum Gasteiger partial charge on any atom is 0.418 e. The summed E-state index contributed by atoms with van der Waals surface area (Å²) in [4.78, 5) is 3.71. The smallest absolute Gasteiger partial charge is 0.325 e. The Kier molecular flexibility index (Phi) is 2.56. The van der Waals surface area contributed by atoms with Crippen molar-refractivity contribution in [1.82, 2.24) is 4.98 Å². The lowest BCUT2D eigenvalue weighted by Crippen LogP contribution is -2.14. The number of rotatable bonds is 1. The number of alkyl halides is 3. The fourth-order valence-electron chi connectivity index (χ4n) is 1.02. The van der Waals surface area contributed by atoms with Gasteiger partial charge in [0, 0.05) is 12.2 Å². The molecule has 0 unspecified atom stereocenters. The first-order valence-electron chi connectivity index (χ1n) is 3.69. The molecule has 0 atom stereocenters. The summed E-state index contributed by atoms with van der Waals surface area (Å²) in [5, 5.41) is 0. The van der Waals surface area contributed by atoms with Gasteiger partial charge in [-0.2, -0.15) is 13.2 Å². The van der Waals surface area contributed by atoms with Crippen LogP contribution in [-0.4, -0.2) is 4.98 Å². The fourth-order valence-corrected chi connectivity index (χ4v) is 1.02. The number of hydrogen-bond donors (Lipinski definition) is 1. The van der Waals surface area contributed by atoms with Crippen LogP contribution in [-0.2, 0) is 12.7 Å². The Morgan fingerprint density at radius 1 is 1.38 bits per heavy atom. The first kappa shape index (κ1) is 9.98. The fraction of sp³-hybridized carbons (Fsp3) is 0.375. The summed E-state index contributed by atoms with van der Waals surface area (Å²) in [7, 11) is 0. The molecule has 2 N–H and O–H groups in total. The zero-order chi connectivity index (χ0) is 10.1. The highest BCUT2D eigenvalue weighted by Crippen LogP contribution is 2.30. The predicted octanol–water partition coefficient (Wildman–Crippen LogP) is 1.87. The molecule has 0 bridgehead atoms. The average molecular weight is 190 g/mol. The minimum absolute atomic E-state index is 0.104. The standard InChI is InChI=1S/C8H9F3N2/c1-5-2-3-6(8(9,10)11)7(4-12)13-5/h2-3H,4,12H2,1H3. The van der Waals surface area contributed by atoms with Gasteiger partial charge in [0.25, 0.3) is 0 Å². The van der Waals surface area contributed by atoms with E-state index >= 15 is 0 Å². The summed E-state index contributed by atoms with van der Waals surface area (Å²) in [6.45, 7) is 1.43. The summed E-state index contributed by atoms with van der Waals surface area (Å²) in [5.74, 6) is 0. The molecule has 1 aromatic rings. The highest BCUT2D eigenvalue weighted by atomic mass is 19.4. The van der Waals surface area contributed by atoms with Gasteiger partial charge in [-0.15, -0.1) is 0 Å². The number of aromatic nitrogens is 1. The van der Waals surface area contributed by atoms with Gasteiger partial charge in [-0.25, -0.2) is 0 Å². The number of hydrogen-bond acceptors (Lipinski definition) is 2. The number of pyridine rings is 1. The lowest BCUT2D eigenvalue weighted by Gasteiger charge is -2.10. The van der Waals surface area contributed by atoms with Crippen molar-refractivity contribution >= 4 is 0 Å². The summed E-state index contributed by atoms with van der Waals surface area (Å²) >= 11 is 0. The molecular weight excluding hydrogens is 181 g/mol. The second kappa shape index (κ2) is 3.33. The molecule has 0 aliphatic carbocycles. The molecule has 0 saturated heterocycles. The highest BCUT2D eigenvalue weighted by molar-refractivity contribution is 5.25. The van der Waals surface area contributed by atoms with Crippen LogP contribution in [0.4, 0.5) is 13.2 Å². The Morgan fingerprint density at radius 3 is 2.46 bits per heavy atom. The van der Waals surface area contributed by atoms with Gasteiger partial charge < -0.3 is 5.73 Å². The number of nitrogens with two attached hydrogens (primary N) is 1. The monoisotopic (exact) mass is 190 g/mol. The van der Waals surface area contributed by atoms with E-state index in [1.165, 1.54) is 6.07 Å². The minimum atomic E-state index is -4.37. The third-order valence-corrected chi connectivity index (χ3v) is 1.61. The van der Waals surface area contributed by atoms with Crippen molar-refractivity contribution in [2.75, 3.05) is 0 Å². The molecule has 0 saturated carbocycles. The van der Waals surface area contributed by atoms with E-state index in [9.17, 15) is 13.2 Å². The Hall–Kier alpha value is -1.10. The van der Waals surface area contributed by atoms with Gasteiger partial charge in [-0.1, -0.05) is 0 Å². The van der Waals surface area contributed by atoms with Gasteiger partial charge in [0.1, 0.15) is 0 Å². The van der Waals surface area contributed by atoms with Crippen LogP contribution in [0.3, 0.4) is 0 Å². The molecule has 5 heteroatoms. The minimum Gasteiger partial charge on any atom is -0.325 e. The van der Waals surface area contributed by atoms with E-state index in [0.717, 1.165) is 6.07 Å². The topological polar surface area (TPSA) is 38.9 Å². The third-order valence-electron chi connectivity index (χ3n) is 1.61. The van der Waals surface area contributed by atoms with E-state index in [1.54, 1.807) is 6.92 Å². The normalized spacial score (nSPS) is 11.8. The lowest BCUT2D eigenvalue weighted by molar-refractivity contribution is -0.138. The van der Waals surface area contributed by atoms with E-state index < -0.39 is 11.7 Å². The zero-order valence-corrected chi connectivity index (χ0v) is 7.02. The van der Waals surface area contributed by atoms with Gasteiger partial charge in [0.2, 0.25) is 0 Å². The number of nitrogens with zero attached hydrogens (tertiary/aromatic N) is 1. The molecule has 2 nitrogen and oxygen atoms in total. The molecule has 0 aromatic carbocycles. The van der Waals surface area contributed by atoms with Crippen LogP contribution in [0.5, 0.6) is 0 Å². The number of aryl methyl sites for hydroxylation is 1. The van der Waals surface area contributed by atoms with Crippen molar-refractivity contribution in [3.05, 3.63) is 29.1 Å². The van der Waals surface area contributed by atoms with Crippen LogP contribution in [0.25, 0.3) is 0 Å². The average Bonchev–Trinajstić information content (AvgIpc) is 2.01. The van der Waals surface area contributed by atoms with Crippen LogP contribution in [0, 0.1) is 6.92 Å². The van der Waals surface area contributed by atoms with Gasteiger partial charge in [0.15, 0.2) is 0 Å². The van der Waals surface area contributed by atoms with Crippen LogP contribution in [0.15, 0.2) is 12.1 Å². The molecule has 0 fully saturated rings. The zero-order valence-electron chi connectivity index (χ0n) is 7.02. The first-order chi connectivity index (χ1) is 5.95. The molecule has 0 spiro atoms. The summed E-state index contributed by atoms with van der Waals surface area (Å²) in [6, 6.07) is 2.33. The van der Waals surface area contributed by atoms with E-state index in [2.05, 4.69) is 4.98 Å². The van der Waals surface area contributed by atoms with Crippen molar-refractivity contribution in [3.63, 3.8) is 0 Å². The van der Waals surface area contributed by atoms with Crippen LogP contribution in [0.2, 0.25) is 0 Å². The van der Waals surface area contributed by atoms with E-state index in [-0.39, 0.29) is 12.2 Å². The molecule has 0 aliphatic heterocycles. The summed E-state index contributed by atoms with van der Waals surface area (Å²) in [6.07, 6.45) is -4.37. The van der Waals surface area contributed by atoms with Crippen molar-refractivity contribution in [2.24, 2.45) is 5.73 Å². The van der Waals surface area contributed by atoms with Crippen LogP contribution < -0.4 is 5.73 Å². The van der Waals surface area contributed by atoms with Crippen LogP contribution >= 0.6 is 0 Å². The lowest BCUT2D eigenvalue weighted by atomic mass is 10.1. The van der Waals surface area contributed by atoms with Crippen molar-refractivity contribution < 1.29 is 13.2 Å². The second-order valence-corrected chi connectivity index (χ2v) is 2.65. The SMILES string of the molecule is Cc1ccc(C(F)(F)F)c(CN)n1. The van der Waals surface area contributed by atoms with Gasteiger partial charge in [-0.05, 0) is 19.1 Å². The Bertz CT molecular complexity index is 307. The molecule has 1 heterocycles. The predicted molar refractivity (Wildman–Crippen MR) is 41.9 cm³/mol. The first-order valence-corrected chi connectivity index (χ1v) is 3.69. The van der Waals surface area contributed by atoms with Crippen molar-refractivity contribution in [3.8, 4) is 0 Å².